The van der Waals surface area contributed by atoms with E-state index >= 15 is 0 Å². The second kappa shape index (κ2) is 7.07. The highest BCUT2D eigenvalue weighted by Crippen LogP contribution is 2.30. The van der Waals surface area contributed by atoms with Crippen LogP contribution in [0.1, 0.15) is 24.7 Å². The molecule has 0 N–H and O–H groups in total. The number of hydrogen-bond acceptors (Lipinski definition) is 5. The Morgan fingerprint density at radius 1 is 1.14 bits per heavy atom. The molecule has 1 aliphatic rings. The molecular weight excluding hydrogens is 378 g/mol. The van der Waals surface area contributed by atoms with Crippen molar-refractivity contribution in [1.82, 2.24) is 24.1 Å². The Hall–Kier alpha value is -2.64. The van der Waals surface area contributed by atoms with Crippen LogP contribution < -0.4 is 5.69 Å². The SMILES string of the molecule is O=c1n(CCN2CCC(c3nc4cc(Cl)ccc4o3)CC2)nc2ccccn12. The lowest BCUT2D eigenvalue weighted by Gasteiger charge is -2.30. The van der Waals surface area contributed by atoms with Crippen LogP contribution in [0.2, 0.25) is 5.02 Å². The van der Waals surface area contributed by atoms with Gasteiger partial charge in [-0.15, -0.1) is 5.10 Å². The highest BCUT2D eigenvalue weighted by Gasteiger charge is 2.24. The number of oxazole rings is 1. The van der Waals surface area contributed by atoms with Crippen LogP contribution in [0.3, 0.4) is 0 Å². The molecule has 3 aromatic heterocycles. The van der Waals surface area contributed by atoms with Gasteiger partial charge in [0.2, 0.25) is 0 Å². The molecule has 0 saturated carbocycles. The minimum atomic E-state index is -0.0874. The largest absolute Gasteiger partial charge is 0.440 e. The van der Waals surface area contributed by atoms with E-state index in [4.69, 9.17) is 16.0 Å². The lowest BCUT2D eigenvalue weighted by Crippen LogP contribution is -2.37. The number of fused-ring (bicyclic) bond motifs is 2. The first-order chi connectivity index (χ1) is 13.7. The van der Waals surface area contributed by atoms with Crippen LogP contribution in [-0.4, -0.2) is 43.7 Å². The Bertz CT molecular complexity index is 1190. The number of likely N-dealkylation sites (tertiary alicyclic amines) is 1. The van der Waals surface area contributed by atoms with Gasteiger partial charge in [-0.3, -0.25) is 4.40 Å². The lowest BCUT2D eigenvalue weighted by atomic mass is 9.97. The molecule has 0 amide bonds. The Morgan fingerprint density at radius 3 is 2.82 bits per heavy atom. The monoisotopic (exact) mass is 397 g/mol. The first-order valence-electron chi connectivity index (χ1n) is 9.50. The van der Waals surface area contributed by atoms with Gasteiger partial charge in [-0.25, -0.2) is 14.5 Å². The first kappa shape index (κ1) is 17.5. The van der Waals surface area contributed by atoms with Crippen molar-refractivity contribution in [2.24, 2.45) is 0 Å². The van der Waals surface area contributed by atoms with Gasteiger partial charge in [0.15, 0.2) is 17.1 Å². The van der Waals surface area contributed by atoms with E-state index in [0.29, 0.717) is 23.1 Å². The zero-order chi connectivity index (χ0) is 19.1. The number of piperidine rings is 1. The van der Waals surface area contributed by atoms with Crippen molar-refractivity contribution in [3.63, 3.8) is 0 Å². The van der Waals surface area contributed by atoms with Crippen molar-refractivity contribution in [2.75, 3.05) is 19.6 Å². The third-order valence-corrected chi connectivity index (χ3v) is 5.65. The molecule has 1 aromatic carbocycles. The van der Waals surface area contributed by atoms with Crippen LogP contribution in [0.5, 0.6) is 0 Å². The third kappa shape index (κ3) is 3.21. The third-order valence-electron chi connectivity index (χ3n) is 5.42. The fourth-order valence-electron chi connectivity index (χ4n) is 3.85. The van der Waals surface area contributed by atoms with Gasteiger partial charge in [0.1, 0.15) is 5.52 Å². The summed E-state index contributed by atoms with van der Waals surface area (Å²) in [5.41, 5.74) is 2.20. The van der Waals surface area contributed by atoms with Crippen molar-refractivity contribution >= 4 is 28.3 Å². The number of hydrogen-bond donors (Lipinski definition) is 0. The summed E-state index contributed by atoms with van der Waals surface area (Å²) in [6.45, 7) is 3.30. The van der Waals surface area contributed by atoms with E-state index in [-0.39, 0.29) is 5.69 Å². The highest BCUT2D eigenvalue weighted by atomic mass is 35.5. The molecule has 5 rings (SSSR count). The molecule has 0 spiro atoms. The normalized spacial score (nSPS) is 16.3. The average molecular weight is 398 g/mol. The molecular formula is C20H20ClN5O2. The number of aromatic nitrogens is 4. The molecule has 0 unspecified atom stereocenters. The molecule has 1 saturated heterocycles. The zero-order valence-corrected chi connectivity index (χ0v) is 16.0. The summed E-state index contributed by atoms with van der Waals surface area (Å²) >= 11 is 6.04. The molecule has 1 aliphatic heterocycles. The van der Waals surface area contributed by atoms with Gasteiger partial charge >= 0.3 is 5.69 Å². The van der Waals surface area contributed by atoms with Crippen molar-refractivity contribution in [2.45, 2.75) is 25.3 Å². The molecule has 8 heteroatoms. The van der Waals surface area contributed by atoms with Crippen LogP contribution >= 0.6 is 11.6 Å². The van der Waals surface area contributed by atoms with E-state index in [1.54, 1.807) is 15.3 Å². The van der Waals surface area contributed by atoms with Gasteiger partial charge in [-0.1, -0.05) is 17.7 Å². The van der Waals surface area contributed by atoms with E-state index in [0.717, 1.165) is 49.5 Å². The van der Waals surface area contributed by atoms with Crippen molar-refractivity contribution in [1.29, 1.82) is 0 Å². The summed E-state index contributed by atoms with van der Waals surface area (Å²) in [6, 6.07) is 11.1. The summed E-state index contributed by atoms with van der Waals surface area (Å²) in [6.07, 6.45) is 3.72. The number of nitrogens with zero attached hydrogens (tertiary/aromatic N) is 5. The topological polar surface area (TPSA) is 68.6 Å². The summed E-state index contributed by atoms with van der Waals surface area (Å²) in [5.74, 6) is 1.12. The van der Waals surface area contributed by atoms with Gasteiger partial charge < -0.3 is 9.32 Å². The first-order valence-corrected chi connectivity index (χ1v) is 9.88. The van der Waals surface area contributed by atoms with Crippen molar-refractivity contribution < 1.29 is 4.42 Å². The van der Waals surface area contributed by atoms with Crippen LogP contribution in [0.15, 0.2) is 51.8 Å². The summed E-state index contributed by atoms with van der Waals surface area (Å²) < 4.78 is 9.05. The quantitative estimate of drug-likeness (QED) is 0.529. The maximum Gasteiger partial charge on any atom is 0.350 e. The standard InChI is InChI=1S/C20H20ClN5O2/c21-15-4-5-17-16(13-15)22-19(28-17)14-6-9-24(10-7-14)11-12-26-20(27)25-8-2-1-3-18(25)23-26/h1-5,8,13-14H,6-7,9-12H2. The van der Waals surface area contributed by atoms with Gasteiger partial charge in [0, 0.05) is 23.7 Å². The molecule has 0 bridgehead atoms. The van der Waals surface area contributed by atoms with Gasteiger partial charge in [-0.2, -0.15) is 0 Å². The average Bonchev–Trinajstić information content (AvgIpc) is 3.28. The molecule has 144 valence electrons. The van der Waals surface area contributed by atoms with Crippen LogP contribution in [0.25, 0.3) is 16.7 Å². The van der Waals surface area contributed by atoms with Gasteiger partial charge in [-0.05, 0) is 56.3 Å². The molecule has 0 aliphatic carbocycles. The predicted octanol–water partition coefficient (Wildman–Crippen LogP) is 3.17. The molecule has 4 heterocycles. The lowest BCUT2D eigenvalue weighted by molar-refractivity contribution is 0.192. The van der Waals surface area contributed by atoms with Crippen LogP contribution in [0.4, 0.5) is 0 Å². The Balaban J connectivity index is 1.22. The van der Waals surface area contributed by atoms with E-state index in [1.165, 1.54) is 0 Å². The summed E-state index contributed by atoms with van der Waals surface area (Å²) in [7, 11) is 0. The second-order valence-electron chi connectivity index (χ2n) is 7.21. The van der Waals surface area contributed by atoms with E-state index in [9.17, 15) is 4.79 Å². The van der Waals surface area contributed by atoms with E-state index < -0.39 is 0 Å². The smallest absolute Gasteiger partial charge is 0.350 e. The Morgan fingerprint density at radius 2 is 2.00 bits per heavy atom. The highest BCUT2D eigenvalue weighted by molar-refractivity contribution is 6.31. The van der Waals surface area contributed by atoms with E-state index in [1.807, 2.05) is 36.4 Å². The Labute approximate surface area is 166 Å². The summed E-state index contributed by atoms with van der Waals surface area (Å²) in [4.78, 5) is 19.4. The van der Waals surface area contributed by atoms with Gasteiger partial charge in [0.05, 0.1) is 6.54 Å². The number of benzene rings is 1. The number of pyridine rings is 1. The minimum absolute atomic E-state index is 0.0874. The van der Waals surface area contributed by atoms with E-state index in [2.05, 4.69) is 15.0 Å². The predicted molar refractivity (Wildman–Crippen MR) is 107 cm³/mol. The number of rotatable bonds is 4. The number of halogens is 1. The minimum Gasteiger partial charge on any atom is -0.440 e. The molecule has 0 radical (unpaired) electrons. The summed E-state index contributed by atoms with van der Waals surface area (Å²) in [5, 5.41) is 5.07. The van der Waals surface area contributed by atoms with Crippen molar-refractivity contribution in [3.05, 3.63) is 64.0 Å². The maximum absolute atomic E-state index is 12.4. The van der Waals surface area contributed by atoms with Crippen LogP contribution in [-0.2, 0) is 6.54 Å². The Kier molecular flexibility index (Phi) is 4.41. The molecule has 7 nitrogen and oxygen atoms in total. The molecule has 4 aromatic rings. The van der Waals surface area contributed by atoms with Crippen molar-refractivity contribution in [3.8, 4) is 0 Å². The fourth-order valence-corrected chi connectivity index (χ4v) is 4.01. The van der Waals surface area contributed by atoms with Crippen LogP contribution in [0, 0.1) is 0 Å². The zero-order valence-electron chi connectivity index (χ0n) is 15.3. The maximum atomic E-state index is 12.4. The molecule has 28 heavy (non-hydrogen) atoms. The molecule has 0 atom stereocenters. The molecule has 1 fully saturated rings. The fraction of sp³-hybridized carbons (Fsp3) is 0.350. The van der Waals surface area contributed by atoms with Gasteiger partial charge in [0.25, 0.3) is 0 Å². The second-order valence-corrected chi connectivity index (χ2v) is 7.65.